The van der Waals surface area contributed by atoms with Crippen molar-refractivity contribution < 1.29 is 4.79 Å². The number of aromatic nitrogens is 2. The van der Waals surface area contributed by atoms with Crippen LogP contribution >= 0.6 is 0 Å². The van der Waals surface area contributed by atoms with Crippen molar-refractivity contribution in [2.45, 2.75) is 32.7 Å². The van der Waals surface area contributed by atoms with E-state index >= 15 is 0 Å². The molecule has 0 radical (unpaired) electrons. The Hall–Kier alpha value is -1.89. The average Bonchev–Trinajstić information content (AvgIpc) is 2.73. The third kappa shape index (κ3) is 2.60. The summed E-state index contributed by atoms with van der Waals surface area (Å²) in [6, 6.07) is -0.214. The summed E-state index contributed by atoms with van der Waals surface area (Å²) in [6.45, 7) is 4.62. The molecule has 0 aromatic carbocycles. The largest absolute Gasteiger partial charge is 0.358 e. The topological polar surface area (TPSA) is 96.2 Å². The first-order chi connectivity index (χ1) is 9.06. The number of aryl methyl sites for hydroxylation is 1. The Bertz CT molecular complexity index is 489. The summed E-state index contributed by atoms with van der Waals surface area (Å²) in [7, 11) is 1.81. The van der Waals surface area contributed by atoms with E-state index in [9.17, 15) is 4.79 Å². The molecule has 7 heteroatoms. The molecule has 104 valence electrons. The lowest BCUT2D eigenvalue weighted by Gasteiger charge is -2.16. The van der Waals surface area contributed by atoms with Crippen molar-refractivity contribution in [3.63, 3.8) is 0 Å². The van der Waals surface area contributed by atoms with Crippen LogP contribution in [0, 0.1) is 6.92 Å². The molecular weight excluding hydrogens is 244 g/mol. The molecule has 0 bridgehead atoms. The standard InChI is InChI=1S/C12H20N6O/c1-4-9-15-10(7(2)11(16-9)17-13)14-8-5-6-18(3)12(8)19/h8H,4-6,13H2,1-3H3,(H2,14,15,16,17). The van der Waals surface area contributed by atoms with Gasteiger partial charge in [0.25, 0.3) is 0 Å². The van der Waals surface area contributed by atoms with Crippen LogP contribution in [0.25, 0.3) is 0 Å². The third-order valence-corrected chi connectivity index (χ3v) is 3.38. The fraction of sp³-hybridized carbons (Fsp3) is 0.583. The molecule has 1 saturated heterocycles. The van der Waals surface area contributed by atoms with Gasteiger partial charge in [0.05, 0.1) is 0 Å². The lowest BCUT2D eigenvalue weighted by atomic mass is 10.2. The maximum absolute atomic E-state index is 11.9. The second-order valence-electron chi connectivity index (χ2n) is 4.71. The minimum absolute atomic E-state index is 0.0957. The van der Waals surface area contributed by atoms with E-state index in [-0.39, 0.29) is 11.9 Å². The van der Waals surface area contributed by atoms with E-state index in [2.05, 4.69) is 20.7 Å². The van der Waals surface area contributed by atoms with Gasteiger partial charge in [0, 0.05) is 25.6 Å². The van der Waals surface area contributed by atoms with E-state index in [1.165, 1.54) is 0 Å². The van der Waals surface area contributed by atoms with E-state index in [0.29, 0.717) is 23.9 Å². The zero-order chi connectivity index (χ0) is 14.0. The van der Waals surface area contributed by atoms with Gasteiger partial charge in [-0.2, -0.15) is 0 Å². The first-order valence-electron chi connectivity index (χ1n) is 6.42. The monoisotopic (exact) mass is 264 g/mol. The number of hydrogen-bond donors (Lipinski definition) is 3. The number of nitrogens with two attached hydrogens (primary N) is 1. The summed E-state index contributed by atoms with van der Waals surface area (Å²) in [4.78, 5) is 22.4. The van der Waals surface area contributed by atoms with Crippen LogP contribution in [0.5, 0.6) is 0 Å². The van der Waals surface area contributed by atoms with Crippen LogP contribution in [0.4, 0.5) is 11.6 Å². The highest BCUT2D eigenvalue weighted by atomic mass is 16.2. The highest BCUT2D eigenvalue weighted by Gasteiger charge is 2.29. The highest BCUT2D eigenvalue weighted by molar-refractivity contribution is 5.86. The molecule has 7 nitrogen and oxygen atoms in total. The van der Waals surface area contributed by atoms with Gasteiger partial charge in [0.2, 0.25) is 5.91 Å². The van der Waals surface area contributed by atoms with Gasteiger partial charge in [-0.1, -0.05) is 6.92 Å². The lowest BCUT2D eigenvalue weighted by Crippen LogP contribution is -2.31. The summed E-state index contributed by atoms with van der Waals surface area (Å²) in [6.07, 6.45) is 1.49. The average molecular weight is 264 g/mol. The molecule has 2 rings (SSSR count). The van der Waals surface area contributed by atoms with Crippen molar-refractivity contribution in [3.05, 3.63) is 11.4 Å². The van der Waals surface area contributed by atoms with Crippen molar-refractivity contribution in [1.82, 2.24) is 14.9 Å². The SMILES string of the molecule is CCc1nc(NN)c(C)c(NC2CCN(C)C2=O)n1. The van der Waals surface area contributed by atoms with Crippen molar-refractivity contribution in [3.8, 4) is 0 Å². The zero-order valence-corrected chi connectivity index (χ0v) is 11.5. The van der Waals surface area contributed by atoms with Gasteiger partial charge in [-0.3, -0.25) is 4.79 Å². The number of likely N-dealkylation sites (N-methyl/N-ethyl adjacent to an activating group) is 1. The van der Waals surface area contributed by atoms with Gasteiger partial charge in [0.1, 0.15) is 23.5 Å². The van der Waals surface area contributed by atoms with Gasteiger partial charge in [-0.15, -0.1) is 0 Å². The van der Waals surface area contributed by atoms with E-state index in [0.717, 1.165) is 18.5 Å². The number of hydrogen-bond acceptors (Lipinski definition) is 6. The highest BCUT2D eigenvalue weighted by Crippen LogP contribution is 2.22. The molecule has 0 spiro atoms. The number of rotatable bonds is 4. The van der Waals surface area contributed by atoms with Crippen LogP contribution < -0.4 is 16.6 Å². The summed E-state index contributed by atoms with van der Waals surface area (Å²) in [5, 5.41) is 3.20. The number of nitrogens with zero attached hydrogens (tertiary/aromatic N) is 3. The minimum atomic E-state index is -0.214. The molecule has 0 saturated carbocycles. The molecule has 1 atom stereocenters. The molecule has 1 fully saturated rings. The molecule has 1 unspecified atom stereocenters. The number of anilines is 2. The van der Waals surface area contributed by atoms with Gasteiger partial charge in [-0.05, 0) is 13.3 Å². The van der Waals surface area contributed by atoms with Crippen molar-refractivity contribution in [2.24, 2.45) is 5.84 Å². The van der Waals surface area contributed by atoms with Crippen molar-refractivity contribution in [2.75, 3.05) is 24.3 Å². The summed E-state index contributed by atoms with van der Waals surface area (Å²) < 4.78 is 0. The van der Waals surface area contributed by atoms with Gasteiger partial charge >= 0.3 is 0 Å². The summed E-state index contributed by atoms with van der Waals surface area (Å²) in [5.74, 6) is 7.51. The van der Waals surface area contributed by atoms with Gasteiger partial charge < -0.3 is 15.6 Å². The smallest absolute Gasteiger partial charge is 0.244 e. The number of carbonyl (C=O) groups is 1. The Morgan fingerprint density at radius 2 is 2.11 bits per heavy atom. The van der Waals surface area contributed by atoms with Crippen LogP contribution in [-0.4, -0.2) is 40.4 Å². The van der Waals surface area contributed by atoms with Crippen LogP contribution in [0.1, 0.15) is 24.7 Å². The second-order valence-corrected chi connectivity index (χ2v) is 4.71. The summed E-state index contributed by atoms with van der Waals surface area (Å²) >= 11 is 0. The molecule has 1 aliphatic heterocycles. The van der Waals surface area contributed by atoms with Crippen LogP contribution in [0.2, 0.25) is 0 Å². The number of nitrogen functional groups attached to an aromatic ring is 1. The molecule has 0 aliphatic carbocycles. The molecule has 1 aromatic rings. The van der Waals surface area contributed by atoms with Crippen LogP contribution in [0.15, 0.2) is 0 Å². The fourth-order valence-electron chi connectivity index (χ4n) is 2.12. The molecule has 1 aromatic heterocycles. The van der Waals surface area contributed by atoms with Crippen molar-refractivity contribution in [1.29, 1.82) is 0 Å². The molecule has 1 amide bonds. The maximum atomic E-state index is 11.9. The third-order valence-electron chi connectivity index (χ3n) is 3.38. The lowest BCUT2D eigenvalue weighted by molar-refractivity contribution is -0.127. The Labute approximate surface area is 112 Å². The Morgan fingerprint density at radius 3 is 2.63 bits per heavy atom. The second kappa shape index (κ2) is 5.40. The Balaban J connectivity index is 2.26. The van der Waals surface area contributed by atoms with E-state index in [1.54, 1.807) is 11.9 Å². The van der Waals surface area contributed by atoms with E-state index in [1.807, 2.05) is 13.8 Å². The number of likely N-dealkylation sites (tertiary alicyclic amines) is 1. The predicted octanol–water partition coefficient (Wildman–Crippen LogP) is 0.276. The first kappa shape index (κ1) is 13.5. The number of carbonyl (C=O) groups excluding carboxylic acids is 1. The predicted molar refractivity (Wildman–Crippen MR) is 73.6 cm³/mol. The zero-order valence-electron chi connectivity index (χ0n) is 11.5. The molecule has 19 heavy (non-hydrogen) atoms. The number of amides is 1. The van der Waals surface area contributed by atoms with E-state index < -0.39 is 0 Å². The Kier molecular flexibility index (Phi) is 3.84. The molecule has 4 N–H and O–H groups in total. The molecule has 1 aliphatic rings. The van der Waals surface area contributed by atoms with Gasteiger partial charge in [-0.25, -0.2) is 15.8 Å². The Morgan fingerprint density at radius 1 is 1.42 bits per heavy atom. The van der Waals surface area contributed by atoms with Crippen LogP contribution in [0.3, 0.4) is 0 Å². The molecular formula is C12H20N6O. The number of nitrogens with one attached hydrogen (secondary N) is 2. The quantitative estimate of drug-likeness (QED) is 0.534. The number of hydrazine groups is 1. The first-order valence-corrected chi connectivity index (χ1v) is 6.42. The fourth-order valence-corrected chi connectivity index (χ4v) is 2.12. The normalized spacial score (nSPS) is 18.8. The van der Waals surface area contributed by atoms with Crippen LogP contribution in [-0.2, 0) is 11.2 Å². The van der Waals surface area contributed by atoms with E-state index in [4.69, 9.17) is 5.84 Å². The molecule has 2 heterocycles. The summed E-state index contributed by atoms with van der Waals surface area (Å²) in [5.41, 5.74) is 3.39. The maximum Gasteiger partial charge on any atom is 0.244 e. The van der Waals surface area contributed by atoms with Gasteiger partial charge in [0.15, 0.2) is 0 Å². The van der Waals surface area contributed by atoms with Crippen molar-refractivity contribution >= 4 is 17.5 Å². The minimum Gasteiger partial charge on any atom is -0.358 e.